The Labute approximate surface area is 130 Å². The van der Waals surface area contributed by atoms with Crippen molar-refractivity contribution < 1.29 is 55.5 Å². The summed E-state index contributed by atoms with van der Waals surface area (Å²) in [5.74, 6) is -1.35. The van der Waals surface area contributed by atoms with E-state index < -0.39 is 73.9 Å². The number of rotatable bonds is 7. The minimum atomic E-state index is -2.33. The first-order chi connectivity index (χ1) is 10.7. The van der Waals surface area contributed by atoms with Crippen molar-refractivity contribution >= 4 is 5.78 Å². The first kappa shape index (κ1) is 20.3. The van der Waals surface area contributed by atoms with E-state index in [1.807, 2.05) is 0 Å². The van der Waals surface area contributed by atoms with E-state index in [-0.39, 0.29) is 0 Å². The van der Waals surface area contributed by atoms with Gasteiger partial charge in [-0.2, -0.15) is 0 Å². The SMILES string of the molecule is O=C([C@H]1O[C@H](CO)[C@H](O)[C@H](O)[C@H]1O)[C@H](O)[C@@H](O)[C@H](O)[C@H](O)CO. The van der Waals surface area contributed by atoms with E-state index in [0.29, 0.717) is 0 Å². The molecule has 1 rings (SSSR count). The molecule has 0 unspecified atom stereocenters. The molecule has 1 fully saturated rings. The molecule has 1 aliphatic rings. The predicted molar refractivity (Wildman–Crippen MR) is 69.9 cm³/mol. The van der Waals surface area contributed by atoms with E-state index >= 15 is 0 Å². The van der Waals surface area contributed by atoms with Crippen molar-refractivity contribution in [3.63, 3.8) is 0 Å². The maximum absolute atomic E-state index is 12.1. The number of aliphatic hydroxyl groups excluding tert-OH is 9. The molecule has 1 heterocycles. The van der Waals surface area contributed by atoms with Crippen molar-refractivity contribution in [3.8, 4) is 0 Å². The van der Waals surface area contributed by atoms with Gasteiger partial charge in [-0.05, 0) is 0 Å². The molecule has 9 atom stereocenters. The zero-order valence-electron chi connectivity index (χ0n) is 12.0. The molecular weight excluding hydrogens is 320 g/mol. The first-order valence-corrected chi connectivity index (χ1v) is 6.84. The summed E-state index contributed by atoms with van der Waals surface area (Å²) >= 11 is 0. The molecule has 0 aromatic rings. The van der Waals surface area contributed by atoms with Crippen LogP contribution in [0.2, 0.25) is 0 Å². The fraction of sp³-hybridized carbons (Fsp3) is 0.917. The smallest absolute Gasteiger partial charge is 0.195 e. The highest BCUT2D eigenvalue weighted by Crippen LogP contribution is 2.23. The van der Waals surface area contributed by atoms with Gasteiger partial charge in [0.05, 0.1) is 13.2 Å². The molecule has 0 aliphatic carbocycles. The van der Waals surface area contributed by atoms with Crippen molar-refractivity contribution in [2.75, 3.05) is 13.2 Å². The van der Waals surface area contributed by atoms with Gasteiger partial charge in [0.25, 0.3) is 0 Å². The van der Waals surface area contributed by atoms with Crippen LogP contribution in [0, 0.1) is 0 Å². The molecule has 9 N–H and O–H groups in total. The quantitative estimate of drug-likeness (QED) is 0.212. The summed E-state index contributed by atoms with van der Waals surface area (Å²) in [5.41, 5.74) is 0. The number of ketones is 1. The summed E-state index contributed by atoms with van der Waals surface area (Å²) in [6, 6.07) is 0. The Morgan fingerprint density at radius 2 is 1.48 bits per heavy atom. The topological polar surface area (TPSA) is 208 Å². The highest BCUT2D eigenvalue weighted by molar-refractivity contribution is 5.88. The third-order valence-electron chi connectivity index (χ3n) is 3.72. The lowest BCUT2D eigenvalue weighted by atomic mass is 9.89. The highest BCUT2D eigenvalue weighted by Gasteiger charge is 2.49. The largest absolute Gasteiger partial charge is 0.394 e. The van der Waals surface area contributed by atoms with Crippen LogP contribution in [0.15, 0.2) is 0 Å². The molecule has 11 nitrogen and oxygen atoms in total. The van der Waals surface area contributed by atoms with Crippen LogP contribution < -0.4 is 0 Å². The molecule has 0 amide bonds. The lowest BCUT2D eigenvalue weighted by molar-refractivity contribution is -0.231. The summed E-state index contributed by atoms with van der Waals surface area (Å²) in [7, 11) is 0. The summed E-state index contributed by atoms with van der Waals surface area (Å²) in [6.07, 6.45) is -17.2. The van der Waals surface area contributed by atoms with Crippen LogP contribution in [0.1, 0.15) is 0 Å². The number of carbonyl (C=O) groups excluding carboxylic acids is 1. The Balaban J connectivity index is 2.85. The molecule has 1 aliphatic heterocycles. The number of hydrogen-bond donors (Lipinski definition) is 9. The van der Waals surface area contributed by atoms with Gasteiger partial charge in [0.15, 0.2) is 5.78 Å². The maximum atomic E-state index is 12.1. The normalized spacial score (nSPS) is 37.0. The summed E-state index contributed by atoms with van der Waals surface area (Å²) in [5, 5.41) is 84.5. The molecule has 0 saturated carbocycles. The second-order valence-electron chi connectivity index (χ2n) is 5.33. The Bertz CT molecular complexity index is 389. The van der Waals surface area contributed by atoms with Crippen LogP contribution in [0.5, 0.6) is 0 Å². The molecule has 0 aromatic heterocycles. The van der Waals surface area contributed by atoms with Gasteiger partial charge >= 0.3 is 0 Å². The molecule has 0 bridgehead atoms. The predicted octanol–water partition coefficient (Wildman–Crippen LogP) is -6.17. The van der Waals surface area contributed by atoms with E-state index in [4.69, 9.17) is 14.9 Å². The van der Waals surface area contributed by atoms with Crippen LogP contribution in [0.25, 0.3) is 0 Å². The minimum Gasteiger partial charge on any atom is -0.394 e. The number of hydrogen-bond acceptors (Lipinski definition) is 11. The lowest BCUT2D eigenvalue weighted by Crippen LogP contribution is -2.63. The van der Waals surface area contributed by atoms with Gasteiger partial charge in [0, 0.05) is 0 Å². The number of carbonyl (C=O) groups is 1. The zero-order valence-corrected chi connectivity index (χ0v) is 12.0. The third-order valence-corrected chi connectivity index (χ3v) is 3.72. The van der Waals surface area contributed by atoms with Gasteiger partial charge in [0.1, 0.15) is 54.9 Å². The van der Waals surface area contributed by atoms with Gasteiger partial charge in [-0.1, -0.05) is 0 Å². The maximum Gasteiger partial charge on any atom is 0.195 e. The molecule has 0 radical (unpaired) electrons. The number of Topliss-reactive ketones (excluding diaryl/α,β-unsaturated/α-hetero) is 1. The summed E-state index contributed by atoms with van der Waals surface area (Å²) in [4.78, 5) is 12.1. The molecule has 1 saturated heterocycles. The van der Waals surface area contributed by atoms with Crippen LogP contribution in [0.3, 0.4) is 0 Å². The van der Waals surface area contributed by atoms with E-state index in [9.17, 15) is 40.5 Å². The first-order valence-electron chi connectivity index (χ1n) is 6.84. The van der Waals surface area contributed by atoms with Gasteiger partial charge in [-0.3, -0.25) is 4.79 Å². The summed E-state index contributed by atoms with van der Waals surface area (Å²) in [6.45, 7) is -1.74. The van der Waals surface area contributed by atoms with Crippen LogP contribution in [-0.4, -0.2) is 120 Å². The standard InChI is InChI=1S/C12H22O11/c13-1-3(15)5(16)7(18)9(20)11(22)12-10(21)8(19)6(17)4(2-14)23-12/h3-10,12-21H,1-2H2/t3-,4-,5-,6+,7+,8+,9-,10-,12+/m1/s1. The van der Waals surface area contributed by atoms with Crippen LogP contribution in [-0.2, 0) is 9.53 Å². The summed E-state index contributed by atoms with van der Waals surface area (Å²) < 4.78 is 4.91. The Morgan fingerprint density at radius 1 is 0.913 bits per heavy atom. The number of ether oxygens (including phenoxy) is 1. The van der Waals surface area contributed by atoms with E-state index in [2.05, 4.69) is 0 Å². The number of aliphatic hydroxyl groups is 9. The zero-order chi connectivity index (χ0) is 17.9. The monoisotopic (exact) mass is 342 g/mol. The average Bonchev–Trinajstić information content (AvgIpc) is 2.56. The van der Waals surface area contributed by atoms with Gasteiger partial charge < -0.3 is 50.7 Å². The average molecular weight is 342 g/mol. The van der Waals surface area contributed by atoms with Crippen molar-refractivity contribution in [2.24, 2.45) is 0 Å². The molecule has 11 heteroatoms. The lowest BCUT2D eigenvalue weighted by Gasteiger charge is -2.40. The molecule has 136 valence electrons. The van der Waals surface area contributed by atoms with Crippen LogP contribution in [0.4, 0.5) is 0 Å². The molecular formula is C12H22O11. The molecule has 23 heavy (non-hydrogen) atoms. The second-order valence-corrected chi connectivity index (χ2v) is 5.33. The van der Waals surface area contributed by atoms with Gasteiger partial charge in [0.2, 0.25) is 0 Å². The van der Waals surface area contributed by atoms with Gasteiger partial charge in [-0.15, -0.1) is 0 Å². The second kappa shape index (κ2) is 8.39. The third kappa shape index (κ3) is 4.22. The van der Waals surface area contributed by atoms with E-state index in [1.54, 1.807) is 0 Å². The Hall–Kier alpha value is -0.730. The molecule has 0 spiro atoms. The van der Waals surface area contributed by atoms with Gasteiger partial charge in [-0.25, -0.2) is 0 Å². The fourth-order valence-corrected chi connectivity index (χ4v) is 2.20. The van der Waals surface area contributed by atoms with Crippen molar-refractivity contribution in [2.45, 2.75) is 54.9 Å². The van der Waals surface area contributed by atoms with E-state index in [1.165, 1.54) is 0 Å². The Kier molecular flexibility index (Phi) is 7.41. The van der Waals surface area contributed by atoms with Crippen LogP contribution >= 0.6 is 0 Å². The Morgan fingerprint density at radius 3 is 1.96 bits per heavy atom. The fourth-order valence-electron chi connectivity index (χ4n) is 2.20. The van der Waals surface area contributed by atoms with Crippen molar-refractivity contribution in [1.29, 1.82) is 0 Å². The minimum absolute atomic E-state index is 0.792. The van der Waals surface area contributed by atoms with E-state index in [0.717, 1.165) is 0 Å². The van der Waals surface area contributed by atoms with Crippen molar-refractivity contribution in [3.05, 3.63) is 0 Å². The highest BCUT2D eigenvalue weighted by atomic mass is 16.5. The molecule has 0 aromatic carbocycles. The van der Waals surface area contributed by atoms with Crippen molar-refractivity contribution in [1.82, 2.24) is 0 Å².